The maximum Gasteiger partial charge on any atom is 0.297 e. The SMILES string of the molecule is Nc1nc2c([N+](=O)[O-])cccc2nc1C1=COCCO1. The number of non-ortho nitro benzene ring substituents is 1. The number of nitrogens with zero attached hydrogens (tertiary/aromatic N) is 3. The van der Waals surface area contributed by atoms with Crippen molar-refractivity contribution in [1.82, 2.24) is 9.97 Å². The number of nitrogens with two attached hydrogens (primary N) is 1. The first-order chi connectivity index (χ1) is 9.66. The van der Waals surface area contributed by atoms with Gasteiger partial charge in [0.1, 0.15) is 19.5 Å². The lowest BCUT2D eigenvalue weighted by Crippen LogP contribution is -2.11. The van der Waals surface area contributed by atoms with Gasteiger partial charge in [-0.25, -0.2) is 9.97 Å². The third kappa shape index (κ3) is 1.96. The third-order valence-electron chi connectivity index (χ3n) is 2.78. The Kier molecular flexibility index (Phi) is 2.82. The summed E-state index contributed by atoms with van der Waals surface area (Å²) < 4.78 is 10.5. The number of nitro benzene ring substituents is 1. The molecule has 1 aliphatic heterocycles. The van der Waals surface area contributed by atoms with E-state index in [0.717, 1.165) is 0 Å². The van der Waals surface area contributed by atoms with Crippen molar-refractivity contribution in [2.24, 2.45) is 0 Å². The second-order valence-electron chi connectivity index (χ2n) is 4.06. The van der Waals surface area contributed by atoms with Crippen LogP contribution in [0.1, 0.15) is 5.69 Å². The van der Waals surface area contributed by atoms with E-state index in [1.807, 2.05) is 0 Å². The first-order valence-corrected chi connectivity index (χ1v) is 5.82. The minimum absolute atomic E-state index is 0.0588. The maximum atomic E-state index is 11.0. The molecular weight excluding hydrogens is 264 g/mol. The highest BCUT2D eigenvalue weighted by Crippen LogP contribution is 2.28. The molecule has 0 amide bonds. The van der Waals surface area contributed by atoms with Gasteiger partial charge in [-0.05, 0) is 6.07 Å². The number of nitro groups is 1. The van der Waals surface area contributed by atoms with Gasteiger partial charge in [-0.15, -0.1) is 0 Å². The average Bonchev–Trinajstić information content (AvgIpc) is 2.46. The van der Waals surface area contributed by atoms with Crippen molar-refractivity contribution in [3.05, 3.63) is 40.3 Å². The van der Waals surface area contributed by atoms with E-state index in [0.29, 0.717) is 30.2 Å². The minimum atomic E-state index is -0.518. The lowest BCUT2D eigenvalue weighted by molar-refractivity contribution is -0.383. The van der Waals surface area contributed by atoms with E-state index in [1.165, 1.54) is 12.3 Å². The van der Waals surface area contributed by atoms with Gasteiger partial charge in [-0.3, -0.25) is 10.1 Å². The summed E-state index contributed by atoms with van der Waals surface area (Å²) in [7, 11) is 0. The van der Waals surface area contributed by atoms with Gasteiger partial charge in [0.05, 0.1) is 10.4 Å². The van der Waals surface area contributed by atoms with Crippen molar-refractivity contribution in [2.45, 2.75) is 0 Å². The van der Waals surface area contributed by atoms with Crippen LogP contribution in [0.25, 0.3) is 16.8 Å². The van der Waals surface area contributed by atoms with E-state index in [1.54, 1.807) is 12.1 Å². The number of para-hydroxylation sites is 1. The number of anilines is 1. The summed E-state index contributed by atoms with van der Waals surface area (Å²) >= 11 is 0. The second-order valence-corrected chi connectivity index (χ2v) is 4.06. The Hall–Kier alpha value is -2.90. The monoisotopic (exact) mass is 274 g/mol. The summed E-state index contributed by atoms with van der Waals surface area (Å²) in [5.41, 5.74) is 6.52. The van der Waals surface area contributed by atoms with Crippen LogP contribution < -0.4 is 5.73 Å². The molecule has 3 rings (SSSR count). The first-order valence-electron chi connectivity index (χ1n) is 5.82. The number of benzene rings is 1. The molecule has 0 saturated heterocycles. The third-order valence-corrected chi connectivity index (χ3v) is 2.78. The number of aromatic nitrogens is 2. The molecule has 0 saturated carbocycles. The first kappa shape index (κ1) is 12.2. The van der Waals surface area contributed by atoms with Crippen molar-refractivity contribution in [2.75, 3.05) is 18.9 Å². The summed E-state index contributed by atoms with van der Waals surface area (Å²) in [6.45, 7) is 0.843. The molecule has 0 atom stereocenters. The molecule has 8 heteroatoms. The lowest BCUT2D eigenvalue weighted by atomic mass is 10.2. The molecule has 8 nitrogen and oxygen atoms in total. The van der Waals surface area contributed by atoms with Gasteiger partial charge in [0.25, 0.3) is 5.69 Å². The number of hydrogen-bond donors (Lipinski definition) is 1. The van der Waals surface area contributed by atoms with Crippen molar-refractivity contribution >= 4 is 28.3 Å². The molecular formula is C12H10N4O4. The van der Waals surface area contributed by atoms with Crippen LogP contribution in [-0.4, -0.2) is 28.1 Å². The zero-order chi connectivity index (χ0) is 14.1. The van der Waals surface area contributed by atoms with E-state index in [-0.39, 0.29) is 17.0 Å². The fraction of sp³-hybridized carbons (Fsp3) is 0.167. The Labute approximate surface area is 113 Å². The largest absolute Gasteiger partial charge is 0.494 e. The minimum Gasteiger partial charge on any atom is -0.494 e. The van der Waals surface area contributed by atoms with Crippen LogP contribution in [-0.2, 0) is 9.47 Å². The fourth-order valence-electron chi connectivity index (χ4n) is 1.90. The average molecular weight is 274 g/mol. The van der Waals surface area contributed by atoms with E-state index in [4.69, 9.17) is 15.2 Å². The molecule has 0 radical (unpaired) electrons. The quantitative estimate of drug-likeness (QED) is 0.651. The van der Waals surface area contributed by atoms with Gasteiger partial charge in [0.2, 0.25) is 0 Å². The van der Waals surface area contributed by atoms with E-state index in [9.17, 15) is 10.1 Å². The topological polar surface area (TPSA) is 113 Å². The van der Waals surface area contributed by atoms with Crippen molar-refractivity contribution in [3.8, 4) is 0 Å². The number of fused-ring (bicyclic) bond motifs is 1. The normalized spacial score (nSPS) is 14.3. The van der Waals surface area contributed by atoms with Crippen LogP contribution in [0.15, 0.2) is 24.5 Å². The van der Waals surface area contributed by atoms with Crippen LogP contribution in [0.3, 0.4) is 0 Å². The number of nitrogen functional groups attached to an aromatic ring is 1. The van der Waals surface area contributed by atoms with Crippen molar-refractivity contribution in [3.63, 3.8) is 0 Å². The summed E-state index contributed by atoms with van der Waals surface area (Å²) in [5, 5.41) is 11.0. The highest BCUT2D eigenvalue weighted by atomic mass is 16.6. The summed E-state index contributed by atoms with van der Waals surface area (Å²) in [4.78, 5) is 18.8. The summed E-state index contributed by atoms with van der Waals surface area (Å²) in [5.74, 6) is 0.429. The molecule has 0 fully saturated rings. The lowest BCUT2D eigenvalue weighted by Gasteiger charge is -2.16. The Balaban J connectivity index is 2.20. The Bertz CT molecular complexity index is 729. The molecule has 1 aliphatic rings. The van der Waals surface area contributed by atoms with Gasteiger partial charge in [0, 0.05) is 6.07 Å². The van der Waals surface area contributed by atoms with Crippen molar-refractivity contribution < 1.29 is 14.4 Å². The van der Waals surface area contributed by atoms with E-state index >= 15 is 0 Å². The smallest absolute Gasteiger partial charge is 0.297 e. The predicted octanol–water partition coefficient (Wildman–Crippen LogP) is 1.47. The molecule has 1 aromatic carbocycles. The zero-order valence-corrected chi connectivity index (χ0v) is 10.3. The molecule has 102 valence electrons. The van der Waals surface area contributed by atoms with Crippen LogP contribution in [0.4, 0.5) is 11.5 Å². The van der Waals surface area contributed by atoms with E-state index in [2.05, 4.69) is 9.97 Å². The fourth-order valence-corrected chi connectivity index (χ4v) is 1.90. The number of rotatable bonds is 2. The molecule has 0 unspecified atom stereocenters. The summed E-state index contributed by atoms with van der Waals surface area (Å²) in [6.07, 6.45) is 1.41. The zero-order valence-electron chi connectivity index (χ0n) is 10.3. The van der Waals surface area contributed by atoms with Crippen molar-refractivity contribution in [1.29, 1.82) is 0 Å². The Morgan fingerprint density at radius 3 is 2.85 bits per heavy atom. The molecule has 2 heterocycles. The van der Waals surface area contributed by atoms with Crippen LogP contribution in [0, 0.1) is 10.1 Å². The van der Waals surface area contributed by atoms with E-state index < -0.39 is 4.92 Å². The van der Waals surface area contributed by atoms with Crippen LogP contribution in [0.5, 0.6) is 0 Å². The van der Waals surface area contributed by atoms with Gasteiger partial charge in [0.15, 0.2) is 22.8 Å². The highest BCUT2D eigenvalue weighted by Gasteiger charge is 2.19. The molecule has 1 aromatic heterocycles. The summed E-state index contributed by atoms with van der Waals surface area (Å²) in [6, 6.07) is 4.53. The maximum absolute atomic E-state index is 11.0. The molecule has 0 spiro atoms. The van der Waals surface area contributed by atoms with Gasteiger partial charge < -0.3 is 15.2 Å². The Morgan fingerprint density at radius 1 is 1.30 bits per heavy atom. The number of hydrogen-bond acceptors (Lipinski definition) is 7. The molecule has 0 aliphatic carbocycles. The standard InChI is InChI=1S/C12H10N4O4/c13-12-11(9-6-19-4-5-20-9)14-7-2-1-3-8(16(17)18)10(7)15-12/h1-3,6H,4-5H2,(H2,13,15). The highest BCUT2D eigenvalue weighted by molar-refractivity contribution is 5.87. The molecule has 0 bridgehead atoms. The van der Waals surface area contributed by atoms with Gasteiger partial charge >= 0.3 is 0 Å². The van der Waals surface area contributed by atoms with Gasteiger partial charge in [-0.1, -0.05) is 6.07 Å². The molecule has 20 heavy (non-hydrogen) atoms. The van der Waals surface area contributed by atoms with Crippen LogP contribution >= 0.6 is 0 Å². The molecule has 2 N–H and O–H groups in total. The Morgan fingerprint density at radius 2 is 2.15 bits per heavy atom. The predicted molar refractivity (Wildman–Crippen MR) is 70.5 cm³/mol. The van der Waals surface area contributed by atoms with Gasteiger partial charge in [-0.2, -0.15) is 0 Å². The molecule has 2 aromatic rings. The second kappa shape index (κ2) is 4.65. The number of ether oxygens (including phenoxy) is 2. The van der Waals surface area contributed by atoms with Crippen LogP contribution in [0.2, 0.25) is 0 Å².